The second-order valence-corrected chi connectivity index (χ2v) is 8.59. The molecule has 2 heterocycles. The molecule has 1 saturated heterocycles. The summed E-state index contributed by atoms with van der Waals surface area (Å²) >= 11 is 1.31. The third-order valence-corrected chi connectivity index (χ3v) is 6.10. The van der Waals surface area contributed by atoms with Gasteiger partial charge in [-0.25, -0.2) is 4.39 Å². The molecule has 1 aliphatic heterocycles. The van der Waals surface area contributed by atoms with Crippen LogP contribution in [0, 0.1) is 5.82 Å². The molecule has 4 rings (SSSR count). The van der Waals surface area contributed by atoms with Gasteiger partial charge in [-0.3, -0.25) is 14.3 Å². The number of anilines is 1. The first-order valence-corrected chi connectivity index (χ1v) is 10.9. The van der Waals surface area contributed by atoms with Crippen LogP contribution < -0.4 is 5.32 Å². The van der Waals surface area contributed by atoms with Gasteiger partial charge in [-0.2, -0.15) is 0 Å². The molecule has 8 heteroatoms. The monoisotopic (exact) mass is 425 g/mol. The highest BCUT2D eigenvalue weighted by atomic mass is 32.2. The van der Waals surface area contributed by atoms with Crippen LogP contribution in [0.2, 0.25) is 0 Å². The van der Waals surface area contributed by atoms with Crippen LogP contribution in [0.25, 0.3) is 5.69 Å². The summed E-state index contributed by atoms with van der Waals surface area (Å²) in [6, 6.07) is 16.1. The molecule has 1 fully saturated rings. The summed E-state index contributed by atoms with van der Waals surface area (Å²) in [6.45, 7) is 4.63. The minimum Gasteiger partial charge on any atom is -0.323 e. The molecule has 0 spiro atoms. The first kappa shape index (κ1) is 20.6. The van der Waals surface area contributed by atoms with Crippen molar-refractivity contribution in [1.82, 2.24) is 19.7 Å². The van der Waals surface area contributed by atoms with E-state index in [1.54, 1.807) is 25.1 Å². The van der Waals surface area contributed by atoms with Crippen LogP contribution in [0.1, 0.15) is 25.6 Å². The number of hydrogen-bond donors (Lipinski definition) is 1. The fraction of sp³-hybridized carbons (Fsp3) is 0.318. The topological polar surface area (TPSA) is 63.1 Å². The number of nitrogens with one attached hydrogen (secondary N) is 1. The molecule has 1 amide bonds. The highest BCUT2D eigenvalue weighted by Gasteiger charge is 2.23. The van der Waals surface area contributed by atoms with E-state index in [4.69, 9.17) is 0 Å². The number of likely N-dealkylation sites (tertiary alicyclic amines) is 1. The maximum absolute atomic E-state index is 13.9. The highest BCUT2D eigenvalue weighted by molar-refractivity contribution is 8.00. The van der Waals surface area contributed by atoms with E-state index in [1.165, 1.54) is 30.7 Å². The molecule has 1 N–H and O–H groups in total. The SMILES string of the molecule is CC(Sc1nnc(CN2CCCC2)n1-c1ccccc1)C(=O)Nc1ccccc1F. The second-order valence-electron chi connectivity index (χ2n) is 7.28. The van der Waals surface area contributed by atoms with E-state index in [1.807, 2.05) is 34.9 Å². The van der Waals surface area contributed by atoms with E-state index in [0.29, 0.717) is 5.16 Å². The lowest BCUT2D eigenvalue weighted by atomic mass is 10.3. The lowest BCUT2D eigenvalue weighted by Gasteiger charge is -2.17. The van der Waals surface area contributed by atoms with E-state index in [2.05, 4.69) is 20.4 Å². The van der Waals surface area contributed by atoms with Crippen molar-refractivity contribution < 1.29 is 9.18 Å². The summed E-state index contributed by atoms with van der Waals surface area (Å²) in [4.78, 5) is 15.0. The number of carbonyl (C=O) groups excluding carboxylic acids is 1. The second kappa shape index (κ2) is 9.40. The van der Waals surface area contributed by atoms with Gasteiger partial charge in [-0.15, -0.1) is 10.2 Å². The summed E-state index contributed by atoms with van der Waals surface area (Å²) in [5, 5.41) is 11.6. The highest BCUT2D eigenvalue weighted by Crippen LogP contribution is 2.27. The van der Waals surface area contributed by atoms with Gasteiger partial charge in [0.1, 0.15) is 5.82 Å². The quantitative estimate of drug-likeness (QED) is 0.577. The first-order chi connectivity index (χ1) is 14.6. The lowest BCUT2D eigenvalue weighted by molar-refractivity contribution is -0.115. The van der Waals surface area contributed by atoms with Gasteiger partial charge in [-0.1, -0.05) is 42.1 Å². The molecule has 1 aromatic heterocycles. The molecule has 6 nitrogen and oxygen atoms in total. The van der Waals surface area contributed by atoms with E-state index in [9.17, 15) is 9.18 Å². The van der Waals surface area contributed by atoms with Crippen LogP contribution in [-0.2, 0) is 11.3 Å². The maximum Gasteiger partial charge on any atom is 0.237 e. The maximum atomic E-state index is 13.9. The molecule has 0 saturated carbocycles. The minimum absolute atomic E-state index is 0.175. The molecule has 1 aliphatic rings. The number of amides is 1. The van der Waals surface area contributed by atoms with Gasteiger partial charge in [0.25, 0.3) is 0 Å². The Morgan fingerprint density at radius 3 is 2.53 bits per heavy atom. The Hall–Kier alpha value is -2.71. The van der Waals surface area contributed by atoms with Gasteiger partial charge in [0.15, 0.2) is 11.0 Å². The van der Waals surface area contributed by atoms with Crippen molar-refractivity contribution in [1.29, 1.82) is 0 Å². The average Bonchev–Trinajstić information content (AvgIpc) is 3.41. The van der Waals surface area contributed by atoms with Crippen molar-refractivity contribution in [3.05, 3.63) is 66.2 Å². The van der Waals surface area contributed by atoms with Crippen molar-refractivity contribution in [2.45, 2.75) is 36.7 Å². The number of para-hydroxylation sites is 2. The van der Waals surface area contributed by atoms with E-state index in [-0.39, 0.29) is 11.6 Å². The molecule has 3 aromatic rings. The Labute approximate surface area is 179 Å². The molecule has 0 bridgehead atoms. The zero-order valence-electron chi connectivity index (χ0n) is 16.8. The number of benzene rings is 2. The van der Waals surface area contributed by atoms with E-state index in [0.717, 1.165) is 31.1 Å². The molecule has 0 aliphatic carbocycles. The van der Waals surface area contributed by atoms with Crippen molar-refractivity contribution in [2.75, 3.05) is 18.4 Å². The summed E-state index contributed by atoms with van der Waals surface area (Å²) < 4.78 is 15.9. The zero-order valence-corrected chi connectivity index (χ0v) is 17.6. The van der Waals surface area contributed by atoms with Crippen LogP contribution in [0.3, 0.4) is 0 Å². The van der Waals surface area contributed by atoms with Crippen molar-refractivity contribution in [3.63, 3.8) is 0 Å². The number of rotatable bonds is 7. The van der Waals surface area contributed by atoms with Gasteiger partial charge in [0.2, 0.25) is 5.91 Å². The van der Waals surface area contributed by atoms with Gasteiger partial charge >= 0.3 is 0 Å². The first-order valence-electron chi connectivity index (χ1n) is 10.1. The van der Waals surface area contributed by atoms with E-state index < -0.39 is 11.1 Å². The third-order valence-electron chi connectivity index (χ3n) is 5.06. The lowest BCUT2D eigenvalue weighted by Crippen LogP contribution is -2.24. The Kier molecular flexibility index (Phi) is 6.44. The third kappa shape index (κ3) is 4.71. The van der Waals surface area contributed by atoms with Crippen molar-refractivity contribution >= 4 is 23.4 Å². The van der Waals surface area contributed by atoms with E-state index >= 15 is 0 Å². The molecular formula is C22H24FN5OS. The smallest absolute Gasteiger partial charge is 0.237 e. The summed E-state index contributed by atoms with van der Waals surface area (Å²) in [5.74, 6) is 0.115. The number of nitrogens with zero attached hydrogens (tertiary/aromatic N) is 4. The van der Waals surface area contributed by atoms with Crippen LogP contribution in [0.15, 0.2) is 59.8 Å². The summed E-state index contributed by atoms with van der Waals surface area (Å²) in [6.07, 6.45) is 2.41. The van der Waals surface area contributed by atoms with Gasteiger partial charge in [0, 0.05) is 5.69 Å². The van der Waals surface area contributed by atoms with Crippen LogP contribution in [0.5, 0.6) is 0 Å². The number of halogens is 1. The Morgan fingerprint density at radius 2 is 1.80 bits per heavy atom. The van der Waals surface area contributed by atoms with Gasteiger partial charge in [-0.05, 0) is 57.1 Å². The Balaban J connectivity index is 1.55. The zero-order chi connectivity index (χ0) is 20.9. The van der Waals surface area contributed by atoms with Crippen LogP contribution in [-0.4, -0.2) is 43.9 Å². The van der Waals surface area contributed by atoms with Crippen LogP contribution >= 0.6 is 11.8 Å². The predicted molar refractivity (Wildman–Crippen MR) is 116 cm³/mol. The molecule has 2 aromatic carbocycles. The summed E-state index contributed by atoms with van der Waals surface area (Å²) in [5.41, 5.74) is 1.13. The fourth-order valence-corrected chi connectivity index (χ4v) is 4.35. The van der Waals surface area contributed by atoms with Crippen molar-refractivity contribution in [3.8, 4) is 5.69 Å². The average molecular weight is 426 g/mol. The van der Waals surface area contributed by atoms with Gasteiger partial charge in [0.05, 0.1) is 17.5 Å². The standard InChI is InChI=1S/C22H24FN5OS/c1-16(21(29)24-19-12-6-5-11-18(19)23)30-22-26-25-20(15-27-13-7-8-14-27)28(22)17-9-3-2-4-10-17/h2-6,9-12,16H,7-8,13-15H2,1H3,(H,24,29). The number of hydrogen-bond acceptors (Lipinski definition) is 5. The Bertz CT molecular complexity index is 1000. The molecule has 0 radical (unpaired) electrons. The van der Waals surface area contributed by atoms with Crippen LogP contribution in [0.4, 0.5) is 10.1 Å². The predicted octanol–water partition coefficient (Wildman–Crippen LogP) is 4.12. The normalized spacial score (nSPS) is 15.3. The molecule has 1 atom stereocenters. The number of aromatic nitrogens is 3. The minimum atomic E-state index is -0.476. The number of thioether (sulfide) groups is 1. The molecule has 1 unspecified atom stereocenters. The molecule has 30 heavy (non-hydrogen) atoms. The summed E-state index contributed by atoms with van der Waals surface area (Å²) in [7, 11) is 0. The van der Waals surface area contributed by atoms with Gasteiger partial charge < -0.3 is 5.32 Å². The number of carbonyl (C=O) groups is 1. The largest absolute Gasteiger partial charge is 0.323 e. The Morgan fingerprint density at radius 1 is 1.10 bits per heavy atom. The molecular weight excluding hydrogens is 401 g/mol. The van der Waals surface area contributed by atoms with Crippen molar-refractivity contribution in [2.24, 2.45) is 0 Å². The molecule has 156 valence electrons. The fourth-order valence-electron chi connectivity index (χ4n) is 3.46.